The molecule has 0 unspecified atom stereocenters. The van der Waals surface area contributed by atoms with Crippen molar-refractivity contribution >= 4 is 38.9 Å². The van der Waals surface area contributed by atoms with E-state index in [9.17, 15) is 0 Å². The Hall–Kier alpha value is -7.63. The Balaban J connectivity index is 1.20. The summed E-state index contributed by atoms with van der Waals surface area (Å²) in [5.74, 6) is 1.83. The molecule has 3 heterocycles. The van der Waals surface area contributed by atoms with Crippen molar-refractivity contribution < 1.29 is 0 Å². The van der Waals surface area contributed by atoms with Gasteiger partial charge in [0.05, 0.1) is 27.8 Å². The number of hydrogen-bond donors (Lipinski definition) is 0. The van der Waals surface area contributed by atoms with E-state index >= 15 is 0 Å². The summed E-state index contributed by atoms with van der Waals surface area (Å²) in [5.41, 5.74) is 11.6. The highest BCUT2D eigenvalue weighted by molar-refractivity contribution is 6.09. The van der Waals surface area contributed by atoms with Crippen LogP contribution in [0.1, 0.15) is 22.3 Å². The van der Waals surface area contributed by atoms with Gasteiger partial charge in [-0.3, -0.25) is 4.57 Å². The quantitative estimate of drug-likeness (QED) is 0.171. The highest BCUT2D eigenvalue weighted by Crippen LogP contribution is 2.58. The van der Waals surface area contributed by atoms with Gasteiger partial charge in [-0.2, -0.15) is 9.97 Å². The van der Waals surface area contributed by atoms with Gasteiger partial charge in [0.25, 0.3) is 0 Å². The van der Waals surface area contributed by atoms with Gasteiger partial charge in [0.1, 0.15) is 0 Å². The van der Waals surface area contributed by atoms with Gasteiger partial charge < -0.3 is 4.90 Å². The van der Waals surface area contributed by atoms with Crippen LogP contribution < -0.4 is 4.90 Å². The molecular weight excluding hydrogens is 695 g/mol. The Morgan fingerprint density at radius 3 is 1.47 bits per heavy atom. The van der Waals surface area contributed by atoms with Gasteiger partial charge in [-0.1, -0.05) is 170 Å². The van der Waals surface area contributed by atoms with Gasteiger partial charge in [0, 0.05) is 27.6 Å². The second-order valence-electron chi connectivity index (χ2n) is 14.4. The number of rotatable bonds is 6. The zero-order chi connectivity index (χ0) is 37.8. The monoisotopic (exact) mass is 729 g/mol. The summed E-state index contributed by atoms with van der Waals surface area (Å²) < 4.78 is 2.20. The molecule has 0 aliphatic carbocycles. The van der Waals surface area contributed by atoms with Crippen molar-refractivity contribution in [3.05, 3.63) is 235 Å². The molecule has 5 nitrogen and oxygen atoms in total. The van der Waals surface area contributed by atoms with Gasteiger partial charge in [-0.15, -0.1) is 0 Å². The highest BCUT2D eigenvalue weighted by Gasteiger charge is 2.46. The van der Waals surface area contributed by atoms with E-state index in [1.54, 1.807) is 0 Å². The summed E-state index contributed by atoms with van der Waals surface area (Å²) >= 11 is 0. The van der Waals surface area contributed by atoms with Crippen molar-refractivity contribution in [2.24, 2.45) is 0 Å². The van der Waals surface area contributed by atoms with E-state index in [2.05, 4.69) is 161 Å². The minimum Gasteiger partial charge on any atom is -0.310 e. The molecule has 57 heavy (non-hydrogen) atoms. The minimum atomic E-state index is -0.634. The van der Waals surface area contributed by atoms with Crippen molar-refractivity contribution in [3.63, 3.8) is 0 Å². The first kappa shape index (κ1) is 32.8. The fourth-order valence-electron chi connectivity index (χ4n) is 8.90. The molecule has 0 fully saturated rings. The molecule has 1 aliphatic rings. The van der Waals surface area contributed by atoms with E-state index in [4.69, 9.17) is 15.0 Å². The van der Waals surface area contributed by atoms with Crippen LogP contribution in [0, 0.1) is 0 Å². The van der Waals surface area contributed by atoms with Crippen LogP contribution in [0.15, 0.2) is 212 Å². The van der Waals surface area contributed by atoms with Crippen molar-refractivity contribution in [1.29, 1.82) is 0 Å². The summed E-state index contributed by atoms with van der Waals surface area (Å²) in [6.45, 7) is 0. The van der Waals surface area contributed by atoms with E-state index in [0.29, 0.717) is 17.6 Å². The maximum atomic E-state index is 5.18. The smallest absolute Gasteiger partial charge is 0.238 e. The number of fused-ring (bicyclic) bond motifs is 5. The van der Waals surface area contributed by atoms with Crippen LogP contribution in [0.2, 0.25) is 0 Å². The maximum Gasteiger partial charge on any atom is 0.238 e. The standard InChI is InChI=1S/C52H35N5/c1-5-19-36(20-6-1)49-53-50(37-21-7-2-8-22-37)55-51(54-49)57-45-30-16-13-27-41(45)42-35-39(33-34-46(42)57)52(38-23-9-3-10-24-38)43-28-14-17-31-47(43)56(40-25-11-4-12-26-40)48-32-18-15-29-44(48)52/h1-35H. The van der Waals surface area contributed by atoms with Crippen LogP contribution in [0.3, 0.4) is 0 Å². The Bertz CT molecular complexity index is 2960. The van der Waals surface area contributed by atoms with Crippen LogP contribution in [0.5, 0.6) is 0 Å². The minimum absolute atomic E-state index is 0.575. The summed E-state index contributed by atoms with van der Waals surface area (Å²) in [6.07, 6.45) is 0. The van der Waals surface area contributed by atoms with Crippen LogP contribution >= 0.6 is 0 Å². The van der Waals surface area contributed by atoms with Gasteiger partial charge in [0.15, 0.2) is 11.6 Å². The molecule has 1 aliphatic heterocycles. The molecule has 0 saturated heterocycles. The SMILES string of the molecule is c1ccc(-c2nc(-c3ccccc3)nc(-n3c4ccccc4c4cc(C5(c6ccccc6)c6ccccc6N(c6ccccc6)c6ccccc65)ccc43)n2)cc1. The molecular formula is C52H35N5. The Morgan fingerprint density at radius 1 is 0.368 bits per heavy atom. The first-order valence-corrected chi connectivity index (χ1v) is 19.3. The Labute approximate surface area is 330 Å². The fourth-order valence-corrected chi connectivity index (χ4v) is 8.90. The molecule has 0 radical (unpaired) electrons. The predicted octanol–water partition coefficient (Wildman–Crippen LogP) is 12.5. The molecule has 10 aromatic rings. The van der Waals surface area contributed by atoms with Crippen LogP contribution in [0.25, 0.3) is 50.5 Å². The fraction of sp³-hybridized carbons (Fsp3) is 0.0192. The predicted molar refractivity (Wildman–Crippen MR) is 232 cm³/mol. The third-order valence-corrected chi connectivity index (χ3v) is 11.3. The van der Waals surface area contributed by atoms with Crippen LogP contribution in [0.4, 0.5) is 17.1 Å². The lowest BCUT2D eigenvalue weighted by Gasteiger charge is -2.46. The first-order chi connectivity index (χ1) is 28.3. The number of hydrogen-bond acceptors (Lipinski definition) is 4. The third kappa shape index (κ3) is 5.13. The van der Waals surface area contributed by atoms with Gasteiger partial charge in [-0.05, 0) is 64.7 Å². The average molecular weight is 730 g/mol. The van der Waals surface area contributed by atoms with E-state index < -0.39 is 5.41 Å². The number of benzene rings is 8. The lowest BCUT2D eigenvalue weighted by Crippen LogP contribution is -2.37. The van der Waals surface area contributed by atoms with Gasteiger partial charge in [-0.25, -0.2) is 4.98 Å². The molecule has 0 N–H and O–H groups in total. The molecule has 8 aromatic carbocycles. The molecule has 5 heteroatoms. The lowest BCUT2D eigenvalue weighted by atomic mass is 9.62. The van der Waals surface area contributed by atoms with Crippen molar-refractivity contribution in [1.82, 2.24) is 19.5 Å². The number of nitrogens with zero attached hydrogens (tertiary/aromatic N) is 5. The molecule has 11 rings (SSSR count). The van der Waals surface area contributed by atoms with Crippen molar-refractivity contribution in [2.75, 3.05) is 4.90 Å². The van der Waals surface area contributed by atoms with Crippen molar-refractivity contribution in [2.45, 2.75) is 5.41 Å². The summed E-state index contributed by atoms with van der Waals surface area (Å²) in [7, 11) is 0. The molecule has 0 atom stereocenters. The van der Waals surface area contributed by atoms with E-state index in [0.717, 1.165) is 50.0 Å². The second kappa shape index (κ2) is 13.3. The number of anilines is 3. The Morgan fingerprint density at radius 2 is 0.860 bits per heavy atom. The zero-order valence-corrected chi connectivity index (χ0v) is 30.9. The molecule has 0 amide bonds. The number of para-hydroxylation sites is 4. The molecule has 268 valence electrons. The maximum absolute atomic E-state index is 5.18. The normalized spacial score (nSPS) is 13.0. The van der Waals surface area contributed by atoms with Gasteiger partial charge in [0.2, 0.25) is 5.95 Å². The number of aromatic nitrogens is 4. The summed E-state index contributed by atoms with van der Waals surface area (Å²) in [4.78, 5) is 17.8. The first-order valence-electron chi connectivity index (χ1n) is 19.3. The topological polar surface area (TPSA) is 46.8 Å². The second-order valence-corrected chi connectivity index (χ2v) is 14.4. The van der Waals surface area contributed by atoms with E-state index in [-0.39, 0.29) is 0 Å². The molecule has 2 aromatic heterocycles. The lowest BCUT2D eigenvalue weighted by molar-refractivity contribution is 0.732. The Kier molecular flexibility index (Phi) is 7.64. The molecule has 0 saturated carbocycles. The molecule has 0 spiro atoms. The van der Waals surface area contributed by atoms with Crippen LogP contribution in [-0.4, -0.2) is 19.5 Å². The summed E-state index contributed by atoms with van der Waals surface area (Å²) in [6, 6.07) is 75.3. The van der Waals surface area contributed by atoms with E-state index in [1.807, 2.05) is 60.7 Å². The highest BCUT2D eigenvalue weighted by atomic mass is 15.2. The van der Waals surface area contributed by atoms with Crippen molar-refractivity contribution in [3.8, 4) is 28.7 Å². The molecule has 0 bridgehead atoms. The summed E-state index contributed by atoms with van der Waals surface area (Å²) in [5, 5.41) is 2.26. The van der Waals surface area contributed by atoms with Gasteiger partial charge >= 0.3 is 0 Å². The zero-order valence-electron chi connectivity index (χ0n) is 30.9. The third-order valence-electron chi connectivity index (χ3n) is 11.3. The van der Waals surface area contributed by atoms with E-state index in [1.165, 1.54) is 22.3 Å². The van der Waals surface area contributed by atoms with Crippen LogP contribution in [-0.2, 0) is 5.41 Å². The average Bonchev–Trinajstić information content (AvgIpc) is 3.63. The largest absolute Gasteiger partial charge is 0.310 e.